The van der Waals surface area contributed by atoms with Gasteiger partial charge in [-0.25, -0.2) is 0 Å². The van der Waals surface area contributed by atoms with Crippen molar-refractivity contribution in [1.82, 2.24) is 0 Å². The van der Waals surface area contributed by atoms with Gasteiger partial charge in [-0.3, -0.25) is 10.1 Å². The number of thiophene rings is 1. The van der Waals surface area contributed by atoms with Crippen LogP contribution in [-0.4, -0.2) is 4.92 Å². The molecule has 0 saturated heterocycles. The summed E-state index contributed by atoms with van der Waals surface area (Å²) >= 11 is 1.62. The minimum atomic E-state index is -0.453. The predicted molar refractivity (Wildman–Crippen MR) is 65.8 cm³/mol. The summed E-state index contributed by atoms with van der Waals surface area (Å²) in [4.78, 5) is 11.0. The molecule has 3 nitrogen and oxygen atoms in total. The van der Waals surface area contributed by atoms with Crippen LogP contribution in [0.15, 0.2) is 48.0 Å². The first-order valence-corrected chi connectivity index (χ1v) is 5.60. The van der Waals surface area contributed by atoms with E-state index in [4.69, 9.17) is 0 Å². The summed E-state index contributed by atoms with van der Waals surface area (Å²) in [6, 6.07) is 11.6. The monoisotopic (exact) mass is 231 g/mol. The highest BCUT2D eigenvalue weighted by molar-refractivity contribution is 7.13. The van der Waals surface area contributed by atoms with Gasteiger partial charge in [0.15, 0.2) is 0 Å². The predicted octanol–water partition coefficient (Wildman–Crippen LogP) is 3.66. The Labute approximate surface area is 96.8 Å². The summed E-state index contributed by atoms with van der Waals surface area (Å²) < 4.78 is 0. The van der Waals surface area contributed by atoms with Crippen molar-refractivity contribution in [2.75, 3.05) is 0 Å². The van der Waals surface area contributed by atoms with Crippen LogP contribution >= 0.6 is 11.3 Å². The van der Waals surface area contributed by atoms with Crippen LogP contribution in [0.25, 0.3) is 16.5 Å². The fourth-order valence-corrected chi connectivity index (χ4v) is 2.21. The molecule has 16 heavy (non-hydrogen) atoms. The molecule has 0 bridgehead atoms. The molecule has 1 aromatic carbocycles. The SMILES string of the molecule is O=[N+]([O-])/C=C/c1ccccc1-c1cccs1. The highest BCUT2D eigenvalue weighted by atomic mass is 32.1. The molecule has 0 amide bonds. The van der Waals surface area contributed by atoms with E-state index in [0.29, 0.717) is 0 Å². The molecule has 0 atom stereocenters. The van der Waals surface area contributed by atoms with E-state index in [1.54, 1.807) is 11.3 Å². The van der Waals surface area contributed by atoms with Gasteiger partial charge in [-0.15, -0.1) is 11.3 Å². The molecular formula is C12H9NO2S. The van der Waals surface area contributed by atoms with E-state index in [9.17, 15) is 10.1 Å². The highest BCUT2D eigenvalue weighted by Gasteiger charge is 2.03. The van der Waals surface area contributed by atoms with Crippen LogP contribution in [-0.2, 0) is 0 Å². The zero-order valence-electron chi connectivity index (χ0n) is 8.37. The van der Waals surface area contributed by atoms with Gasteiger partial charge >= 0.3 is 0 Å². The smallest absolute Gasteiger partial charge is 0.235 e. The summed E-state index contributed by atoms with van der Waals surface area (Å²) in [6.07, 6.45) is 2.49. The van der Waals surface area contributed by atoms with Crippen molar-refractivity contribution < 1.29 is 4.92 Å². The third-order valence-electron chi connectivity index (χ3n) is 2.12. The number of nitrogens with zero attached hydrogens (tertiary/aromatic N) is 1. The molecule has 0 N–H and O–H groups in total. The van der Waals surface area contributed by atoms with Gasteiger partial charge in [0, 0.05) is 11.0 Å². The molecule has 2 rings (SSSR count). The number of hydrogen-bond donors (Lipinski definition) is 0. The first-order chi connectivity index (χ1) is 7.77. The summed E-state index contributed by atoms with van der Waals surface area (Å²) in [7, 11) is 0. The number of rotatable bonds is 3. The van der Waals surface area contributed by atoms with E-state index in [1.807, 2.05) is 41.8 Å². The molecule has 0 fully saturated rings. The van der Waals surface area contributed by atoms with E-state index in [0.717, 1.165) is 22.2 Å². The van der Waals surface area contributed by atoms with Crippen molar-refractivity contribution in [1.29, 1.82) is 0 Å². The Morgan fingerprint density at radius 3 is 2.69 bits per heavy atom. The average Bonchev–Trinajstić information content (AvgIpc) is 2.80. The lowest BCUT2D eigenvalue weighted by atomic mass is 10.1. The van der Waals surface area contributed by atoms with Crippen molar-refractivity contribution in [2.45, 2.75) is 0 Å². The number of nitro groups is 1. The van der Waals surface area contributed by atoms with Crippen LogP contribution in [0, 0.1) is 10.1 Å². The van der Waals surface area contributed by atoms with Crippen LogP contribution in [0.4, 0.5) is 0 Å². The first-order valence-electron chi connectivity index (χ1n) is 4.72. The molecule has 4 heteroatoms. The zero-order valence-corrected chi connectivity index (χ0v) is 9.18. The summed E-state index contributed by atoms with van der Waals surface area (Å²) in [6.45, 7) is 0. The van der Waals surface area contributed by atoms with Crippen LogP contribution in [0.5, 0.6) is 0 Å². The average molecular weight is 231 g/mol. The van der Waals surface area contributed by atoms with E-state index in [1.165, 1.54) is 6.08 Å². The maximum atomic E-state index is 10.3. The molecule has 0 aliphatic heterocycles. The quantitative estimate of drug-likeness (QED) is 0.597. The normalized spacial score (nSPS) is 10.8. The van der Waals surface area contributed by atoms with E-state index in [-0.39, 0.29) is 0 Å². The molecule has 0 spiro atoms. The minimum Gasteiger partial charge on any atom is -0.259 e. The second kappa shape index (κ2) is 4.72. The van der Waals surface area contributed by atoms with Crippen LogP contribution < -0.4 is 0 Å². The van der Waals surface area contributed by atoms with E-state index >= 15 is 0 Å². The summed E-state index contributed by atoms with van der Waals surface area (Å²) in [5.41, 5.74) is 1.89. The van der Waals surface area contributed by atoms with Gasteiger partial charge in [-0.05, 0) is 22.6 Å². The van der Waals surface area contributed by atoms with Gasteiger partial charge in [0.05, 0.1) is 4.92 Å². The fraction of sp³-hybridized carbons (Fsp3) is 0. The molecule has 1 heterocycles. The number of hydrogen-bond acceptors (Lipinski definition) is 3. The Balaban J connectivity index is 2.42. The molecule has 0 radical (unpaired) electrons. The van der Waals surface area contributed by atoms with Crippen molar-refractivity contribution in [3.05, 3.63) is 63.7 Å². The third-order valence-corrected chi connectivity index (χ3v) is 3.03. The third kappa shape index (κ3) is 2.35. The van der Waals surface area contributed by atoms with Gasteiger partial charge in [0.2, 0.25) is 6.20 Å². The molecule has 0 aliphatic carbocycles. The maximum Gasteiger partial charge on any atom is 0.235 e. The fourth-order valence-electron chi connectivity index (χ4n) is 1.44. The Hall–Kier alpha value is -1.94. The zero-order chi connectivity index (χ0) is 11.4. The maximum absolute atomic E-state index is 10.3. The van der Waals surface area contributed by atoms with Crippen LogP contribution in [0.2, 0.25) is 0 Å². The Morgan fingerprint density at radius 1 is 1.19 bits per heavy atom. The second-order valence-corrected chi connectivity index (χ2v) is 4.11. The van der Waals surface area contributed by atoms with E-state index < -0.39 is 4.92 Å². The number of benzene rings is 1. The molecule has 0 unspecified atom stereocenters. The van der Waals surface area contributed by atoms with Crippen molar-refractivity contribution in [3.8, 4) is 10.4 Å². The Morgan fingerprint density at radius 2 is 2.00 bits per heavy atom. The van der Waals surface area contributed by atoms with Gasteiger partial charge in [0.25, 0.3) is 0 Å². The van der Waals surface area contributed by atoms with Gasteiger partial charge in [-0.1, -0.05) is 30.3 Å². The van der Waals surface area contributed by atoms with Gasteiger partial charge in [-0.2, -0.15) is 0 Å². The lowest BCUT2D eigenvalue weighted by Gasteiger charge is -2.01. The van der Waals surface area contributed by atoms with Crippen LogP contribution in [0.1, 0.15) is 5.56 Å². The van der Waals surface area contributed by atoms with Crippen molar-refractivity contribution >= 4 is 17.4 Å². The molecule has 2 aromatic rings. The summed E-state index contributed by atoms with van der Waals surface area (Å²) in [5.74, 6) is 0. The van der Waals surface area contributed by atoms with Crippen LogP contribution in [0.3, 0.4) is 0 Å². The standard InChI is InChI=1S/C12H9NO2S/c14-13(15)8-7-10-4-1-2-5-11(10)12-6-3-9-16-12/h1-9H/b8-7+. The van der Waals surface area contributed by atoms with Gasteiger partial charge < -0.3 is 0 Å². The minimum absolute atomic E-state index is 0.453. The van der Waals surface area contributed by atoms with E-state index in [2.05, 4.69) is 0 Å². The highest BCUT2D eigenvalue weighted by Crippen LogP contribution is 2.28. The topological polar surface area (TPSA) is 43.1 Å². The molecule has 1 aromatic heterocycles. The molecular weight excluding hydrogens is 222 g/mol. The van der Waals surface area contributed by atoms with Crippen molar-refractivity contribution in [2.24, 2.45) is 0 Å². The van der Waals surface area contributed by atoms with Crippen molar-refractivity contribution in [3.63, 3.8) is 0 Å². The molecule has 80 valence electrons. The largest absolute Gasteiger partial charge is 0.259 e. The lowest BCUT2D eigenvalue weighted by Crippen LogP contribution is -1.84. The summed E-state index contributed by atoms with van der Waals surface area (Å²) in [5, 5.41) is 12.3. The Bertz CT molecular complexity index is 518. The Kier molecular flexibility index (Phi) is 3.12. The van der Waals surface area contributed by atoms with Gasteiger partial charge in [0.1, 0.15) is 0 Å². The lowest BCUT2D eigenvalue weighted by molar-refractivity contribution is -0.400. The first kappa shape index (κ1) is 10.6. The molecule has 0 aliphatic rings. The second-order valence-electron chi connectivity index (χ2n) is 3.17. The molecule has 0 saturated carbocycles.